The average Bonchev–Trinajstić information content (AvgIpc) is 3.08. The Balaban J connectivity index is 1.88. The fourth-order valence-electron chi connectivity index (χ4n) is 3.18. The molecule has 0 saturated carbocycles. The normalized spacial score (nSPS) is 14.7. The lowest BCUT2D eigenvalue weighted by Crippen LogP contribution is -2.27. The molecular formula is C19H20ClNO4S. The molecule has 1 aliphatic carbocycles. The molecule has 0 amide bonds. The van der Waals surface area contributed by atoms with Gasteiger partial charge in [-0.3, -0.25) is 0 Å². The van der Waals surface area contributed by atoms with E-state index in [2.05, 4.69) is 21.6 Å². The van der Waals surface area contributed by atoms with Crippen molar-refractivity contribution in [2.75, 3.05) is 7.11 Å². The van der Waals surface area contributed by atoms with Gasteiger partial charge < -0.3 is 4.74 Å². The Bertz CT molecular complexity index is 956. The first-order chi connectivity index (χ1) is 12.3. The van der Waals surface area contributed by atoms with Crippen molar-refractivity contribution in [1.29, 1.82) is 0 Å². The van der Waals surface area contributed by atoms with Crippen LogP contribution in [0.2, 0.25) is 5.02 Å². The van der Waals surface area contributed by atoms with Gasteiger partial charge in [-0.25, -0.2) is 17.9 Å². The Morgan fingerprint density at radius 1 is 1.15 bits per heavy atom. The molecule has 0 unspecified atom stereocenters. The Hall–Kier alpha value is -1.89. The summed E-state index contributed by atoms with van der Waals surface area (Å²) in [6.45, 7) is 1.78. The smallest absolute Gasteiger partial charge is 0.337 e. The van der Waals surface area contributed by atoms with Crippen LogP contribution in [-0.2, 0) is 27.6 Å². The zero-order chi connectivity index (χ0) is 18.9. The van der Waals surface area contributed by atoms with Crippen molar-refractivity contribution in [2.24, 2.45) is 0 Å². The minimum absolute atomic E-state index is 0.0475. The summed E-state index contributed by atoms with van der Waals surface area (Å²) in [6, 6.07) is 9.67. The van der Waals surface area contributed by atoms with Gasteiger partial charge in [0, 0.05) is 6.04 Å². The maximum atomic E-state index is 12.8. The standard InChI is InChI=1S/C19H20ClNO4S/c1-12(14-7-6-13-4-3-5-15(13)10-14)21-26(23,24)18-11-16(19(22)25-2)8-9-17(18)20/h6-12,21H,3-5H2,1-2H3/t12-/m0/s1. The van der Waals surface area contributed by atoms with Gasteiger partial charge in [0.25, 0.3) is 0 Å². The molecule has 26 heavy (non-hydrogen) atoms. The number of sulfonamides is 1. The van der Waals surface area contributed by atoms with Gasteiger partial charge in [-0.05, 0) is 61.1 Å². The summed E-state index contributed by atoms with van der Waals surface area (Å²) in [4.78, 5) is 11.5. The van der Waals surface area contributed by atoms with Crippen molar-refractivity contribution in [1.82, 2.24) is 4.72 Å². The Labute approximate surface area is 158 Å². The van der Waals surface area contributed by atoms with Crippen LogP contribution in [0, 0.1) is 0 Å². The van der Waals surface area contributed by atoms with Crippen molar-refractivity contribution in [3.8, 4) is 0 Å². The monoisotopic (exact) mass is 393 g/mol. The van der Waals surface area contributed by atoms with Gasteiger partial charge in [-0.15, -0.1) is 0 Å². The van der Waals surface area contributed by atoms with Crippen molar-refractivity contribution in [3.63, 3.8) is 0 Å². The highest BCUT2D eigenvalue weighted by atomic mass is 35.5. The summed E-state index contributed by atoms with van der Waals surface area (Å²) in [6.07, 6.45) is 3.23. The molecule has 7 heteroatoms. The van der Waals surface area contributed by atoms with Crippen LogP contribution in [-0.4, -0.2) is 21.5 Å². The van der Waals surface area contributed by atoms with Crippen LogP contribution < -0.4 is 4.72 Å². The SMILES string of the molecule is COC(=O)c1ccc(Cl)c(S(=O)(=O)N[C@@H](C)c2ccc3c(c2)CCC3)c1. The molecule has 138 valence electrons. The van der Waals surface area contributed by atoms with E-state index in [9.17, 15) is 13.2 Å². The molecule has 1 atom stereocenters. The molecule has 0 spiro atoms. The van der Waals surface area contributed by atoms with E-state index in [0.29, 0.717) is 0 Å². The molecule has 0 saturated heterocycles. The van der Waals surface area contributed by atoms with Gasteiger partial charge in [-0.2, -0.15) is 0 Å². The van der Waals surface area contributed by atoms with E-state index >= 15 is 0 Å². The minimum atomic E-state index is -3.91. The highest BCUT2D eigenvalue weighted by Crippen LogP contribution is 2.28. The first kappa shape index (κ1) is 18.9. The number of carbonyl (C=O) groups is 1. The van der Waals surface area contributed by atoms with Gasteiger partial charge in [0.05, 0.1) is 17.7 Å². The number of ether oxygens (including phenoxy) is 1. The third-order valence-corrected chi connectivity index (χ3v) is 6.62. The van der Waals surface area contributed by atoms with E-state index in [4.69, 9.17) is 11.6 Å². The van der Waals surface area contributed by atoms with Crippen LogP contribution >= 0.6 is 11.6 Å². The summed E-state index contributed by atoms with van der Waals surface area (Å²) in [7, 11) is -2.67. The molecule has 3 rings (SSSR count). The fraction of sp³-hybridized carbons (Fsp3) is 0.316. The molecule has 0 fully saturated rings. The molecule has 2 aromatic rings. The molecular weight excluding hydrogens is 374 g/mol. The molecule has 1 aliphatic rings. The third-order valence-electron chi connectivity index (χ3n) is 4.60. The third kappa shape index (κ3) is 3.77. The molecule has 0 bridgehead atoms. The topological polar surface area (TPSA) is 72.5 Å². The second-order valence-electron chi connectivity index (χ2n) is 6.36. The number of esters is 1. The van der Waals surface area contributed by atoms with E-state index < -0.39 is 22.0 Å². The zero-order valence-corrected chi connectivity index (χ0v) is 16.2. The highest BCUT2D eigenvalue weighted by molar-refractivity contribution is 7.89. The van der Waals surface area contributed by atoms with Crippen LogP contribution in [0.1, 0.15) is 46.4 Å². The maximum absolute atomic E-state index is 12.8. The lowest BCUT2D eigenvalue weighted by Gasteiger charge is -2.17. The van der Waals surface area contributed by atoms with E-state index in [0.717, 1.165) is 24.8 Å². The second kappa shape index (κ2) is 7.39. The number of rotatable bonds is 5. The van der Waals surface area contributed by atoms with Crippen LogP contribution in [0.4, 0.5) is 0 Å². The Morgan fingerprint density at radius 3 is 2.62 bits per heavy atom. The van der Waals surface area contributed by atoms with Gasteiger partial charge in [0.2, 0.25) is 10.0 Å². The number of carbonyl (C=O) groups excluding carboxylic acids is 1. The quantitative estimate of drug-likeness (QED) is 0.787. The van der Waals surface area contributed by atoms with E-state index in [1.54, 1.807) is 6.92 Å². The van der Waals surface area contributed by atoms with Crippen molar-refractivity contribution in [3.05, 3.63) is 63.7 Å². The first-order valence-corrected chi connectivity index (χ1v) is 10.2. The summed E-state index contributed by atoms with van der Waals surface area (Å²) < 4.78 is 32.9. The Morgan fingerprint density at radius 2 is 1.88 bits per heavy atom. The average molecular weight is 394 g/mol. The number of benzene rings is 2. The van der Waals surface area contributed by atoms with Crippen LogP contribution in [0.15, 0.2) is 41.3 Å². The number of hydrogen-bond acceptors (Lipinski definition) is 4. The highest BCUT2D eigenvalue weighted by Gasteiger charge is 2.24. The van der Waals surface area contributed by atoms with Gasteiger partial charge in [0.1, 0.15) is 4.90 Å². The second-order valence-corrected chi connectivity index (χ2v) is 8.45. The number of aryl methyl sites for hydroxylation is 2. The maximum Gasteiger partial charge on any atom is 0.337 e. The largest absolute Gasteiger partial charge is 0.465 e. The van der Waals surface area contributed by atoms with E-state index in [1.165, 1.54) is 36.4 Å². The number of halogens is 1. The van der Waals surface area contributed by atoms with Crippen LogP contribution in [0.25, 0.3) is 0 Å². The zero-order valence-electron chi connectivity index (χ0n) is 14.6. The number of methoxy groups -OCH3 is 1. The van der Waals surface area contributed by atoms with Gasteiger partial charge in [0.15, 0.2) is 0 Å². The molecule has 0 heterocycles. The van der Waals surface area contributed by atoms with Gasteiger partial charge >= 0.3 is 5.97 Å². The number of fused-ring (bicyclic) bond motifs is 1. The predicted octanol–water partition coefficient (Wildman–Crippen LogP) is 3.65. The molecule has 2 aromatic carbocycles. The van der Waals surface area contributed by atoms with Crippen molar-refractivity contribution in [2.45, 2.75) is 37.1 Å². The minimum Gasteiger partial charge on any atom is -0.465 e. The number of nitrogens with one attached hydrogen (secondary N) is 1. The van der Waals surface area contributed by atoms with Crippen LogP contribution in [0.3, 0.4) is 0 Å². The summed E-state index contributed by atoms with van der Waals surface area (Å²) in [5.41, 5.74) is 3.63. The fourth-order valence-corrected chi connectivity index (χ4v) is 4.94. The lowest BCUT2D eigenvalue weighted by atomic mass is 10.0. The van der Waals surface area contributed by atoms with Crippen molar-refractivity contribution < 1.29 is 17.9 Å². The first-order valence-electron chi connectivity index (χ1n) is 8.33. The number of hydrogen-bond donors (Lipinski definition) is 1. The predicted molar refractivity (Wildman–Crippen MR) is 100.0 cm³/mol. The van der Waals surface area contributed by atoms with Gasteiger partial charge in [-0.1, -0.05) is 29.8 Å². The van der Waals surface area contributed by atoms with E-state index in [1.807, 2.05) is 6.07 Å². The lowest BCUT2D eigenvalue weighted by molar-refractivity contribution is 0.0600. The molecule has 0 aromatic heterocycles. The Kier molecular flexibility index (Phi) is 5.37. The van der Waals surface area contributed by atoms with Crippen molar-refractivity contribution >= 4 is 27.6 Å². The molecule has 5 nitrogen and oxygen atoms in total. The summed E-state index contributed by atoms with van der Waals surface area (Å²) >= 11 is 6.06. The molecule has 0 aliphatic heterocycles. The van der Waals surface area contributed by atoms with E-state index in [-0.39, 0.29) is 15.5 Å². The summed E-state index contributed by atoms with van der Waals surface area (Å²) in [5.74, 6) is -0.621. The van der Waals surface area contributed by atoms with Crippen LogP contribution in [0.5, 0.6) is 0 Å². The summed E-state index contributed by atoms with van der Waals surface area (Å²) in [5, 5.41) is 0.0475. The molecule has 0 radical (unpaired) electrons. The molecule has 1 N–H and O–H groups in total.